The van der Waals surface area contributed by atoms with E-state index in [1.54, 1.807) is 48.2 Å². The Morgan fingerprint density at radius 1 is 1.31 bits per heavy atom. The highest BCUT2D eigenvalue weighted by Crippen LogP contribution is 2.38. The summed E-state index contributed by atoms with van der Waals surface area (Å²) >= 11 is 6.07. The maximum absolute atomic E-state index is 13.0. The van der Waals surface area contributed by atoms with Crippen molar-refractivity contribution in [2.24, 2.45) is 5.41 Å². The predicted octanol–water partition coefficient (Wildman–Crippen LogP) is 4.39. The lowest BCUT2D eigenvalue weighted by Crippen LogP contribution is -2.42. The quantitative estimate of drug-likeness (QED) is 0.708. The lowest BCUT2D eigenvalue weighted by molar-refractivity contribution is -0.127. The molecule has 2 aromatic carbocycles. The van der Waals surface area contributed by atoms with E-state index in [4.69, 9.17) is 16.3 Å². The fourth-order valence-electron chi connectivity index (χ4n) is 3.11. The number of carbonyl (C=O) groups is 1. The third-order valence-corrected chi connectivity index (χ3v) is 6.67. The first-order chi connectivity index (χ1) is 13.6. The van der Waals surface area contributed by atoms with Crippen LogP contribution in [0.15, 0.2) is 53.9 Å². The minimum atomic E-state index is -3.87. The van der Waals surface area contributed by atoms with Crippen LogP contribution in [0.25, 0.3) is 0 Å². The molecule has 3 rings (SSSR count). The Morgan fingerprint density at radius 2 is 2.03 bits per heavy atom. The Labute approximate surface area is 176 Å². The number of halogens is 1. The number of amides is 1. The highest BCUT2D eigenvalue weighted by molar-refractivity contribution is 7.92. The van der Waals surface area contributed by atoms with Crippen molar-refractivity contribution in [2.75, 3.05) is 22.8 Å². The molecule has 0 saturated heterocycles. The molecule has 1 heterocycles. The van der Waals surface area contributed by atoms with Crippen LogP contribution in [0.3, 0.4) is 0 Å². The summed E-state index contributed by atoms with van der Waals surface area (Å²) in [6.07, 6.45) is 1.62. The van der Waals surface area contributed by atoms with Gasteiger partial charge >= 0.3 is 0 Å². The van der Waals surface area contributed by atoms with Gasteiger partial charge in [0.15, 0.2) is 0 Å². The van der Waals surface area contributed by atoms with Crippen molar-refractivity contribution in [3.63, 3.8) is 0 Å². The standard InChI is InChI=1S/C21H23ClN2O4S/c1-5-11-24-17-12-15(9-10-18(17)28-13-21(3,4)20(24)25)23-29(26,27)19-8-6-7-16(22)14(19)2/h5-10,12,23H,1,11,13H2,2-4H3. The molecule has 0 aliphatic carbocycles. The fraction of sp³-hybridized carbons (Fsp3) is 0.286. The van der Waals surface area contributed by atoms with Gasteiger partial charge in [-0.2, -0.15) is 0 Å². The van der Waals surface area contributed by atoms with E-state index in [0.717, 1.165) is 0 Å². The van der Waals surface area contributed by atoms with E-state index in [0.29, 0.717) is 27.7 Å². The van der Waals surface area contributed by atoms with E-state index in [2.05, 4.69) is 11.3 Å². The summed E-state index contributed by atoms with van der Waals surface area (Å²) in [5.41, 5.74) is 0.543. The topological polar surface area (TPSA) is 75.7 Å². The Morgan fingerprint density at radius 3 is 2.72 bits per heavy atom. The molecule has 6 nitrogen and oxygen atoms in total. The molecule has 0 saturated carbocycles. The van der Waals surface area contributed by atoms with Crippen LogP contribution >= 0.6 is 11.6 Å². The van der Waals surface area contributed by atoms with Gasteiger partial charge in [0, 0.05) is 11.6 Å². The van der Waals surface area contributed by atoms with Gasteiger partial charge in [0.2, 0.25) is 5.91 Å². The minimum Gasteiger partial charge on any atom is -0.490 e. The van der Waals surface area contributed by atoms with Gasteiger partial charge in [-0.15, -0.1) is 6.58 Å². The second-order valence-electron chi connectivity index (χ2n) is 7.53. The Bertz CT molecular complexity index is 1080. The maximum Gasteiger partial charge on any atom is 0.262 e. The first-order valence-corrected chi connectivity index (χ1v) is 10.9. The number of nitrogens with one attached hydrogen (secondary N) is 1. The normalized spacial score (nSPS) is 15.9. The first-order valence-electron chi connectivity index (χ1n) is 9.04. The number of anilines is 2. The number of carbonyl (C=O) groups excluding carboxylic acids is 1. The zero-order valence-corrected chi connectivity index (χ0v) is 18.1. The van der Waals surface area contributed by atoms with Crippen molar-refractivity contribution in [3.05, 3.63) is 59.6 Å². The van der Waals surface area contributed by atoms with Gasteiger partial charge in [-0.1, -0.05) is 23.7 Å². The number of rotatable bonds is 5. The molecule has 1 aliphatic heterocycles. The zero-order chi connectivity index (χ0) is 21.4. The molecular formula is C21H23ClN2O4S. The van der Waals surface area contributed by atoms with Crippen LogP contribution in [-0.4, -0.2) is 27.5 Å². The van der Waals surface area contributed by atoms with E-state index in [1.165, 1.54) is 6.07 Å². The van der Waals surface area contributed by atoms with E-state index in [-0.39, 0.29) is 24.0 Å². The lowest BCUT2D eigenvalue weighted by Gasteiger charge is -2.27. The summed E-state index contributed by atoms with van der Waals surface area (Å²) in [5.74, 6) is 0.384. The average molecular weight is 435 g/mol. The lowest BCUT2D eigenvalue weighted by atomic mass is 9.93. The number of benzene rings is 2. The Balaban J connectivity index is 2.02. The molecule has 8 heteroatoms. The van der Waals surface area contributed by atoms with Gasteiger partial charge in [0.05, 0.1) is 21.7 Å². The van der Waals surface area contributed by atoms with E-state index >= 15 is 0 Å². The summed E-state index contributed by atoms with van der Waals surface area (Å²) in [6, 6.07) is 9.56. The molecule has 0 spiro atoms. The third kappa shape index (κ3) is 4.11. The van der Waals surface area contributed by atoms with Gasteiger partial charge in [-0.25, -0.2) is 8.42 Å². The summed E-state index contributed by atoms with van der Waals surface area (Å²) < 4.78 is 34.2. The number of sulfonamides is 1. The molecule has 0 aromatic heterocycles. The number of nitrogens with zero attached hydrogens (tertiary/aromatic N) is 1. The van der Waals surface area contributed by atoms with Gasteiger partial charge in [-0.3, -0.25) is 9.52 Å². The molecule has 29 heavy (non-hydrogen) atoms. The van der Waals surface area contributed by atoms with Crippen molar-refractivity contribution in [2.45, 2.75) is 25.7 Å². The van der Waals surface area contributed by atoms with Gasteiger partial charge in [0.25, 0.3) is 10.0 Å². The zero-order valence-electron chi connectivity index (χ0n) is 16.5. The largest absolute Gasteiger partial charge is 0.490 e. The molecule has 0 radical (unpaired) electrons. The number of ether oxygens (including phenoxy) is 1. The van der Waals surface area contributed by atoms with Crippen LogP contribution in [0.4, 0.5) is 11.4 Å². The SMILES string of the molecule is C=CCN1C(=O)C(C)(C)COc2ccc(NS(=O)(=O)c3cccc(Cl)c3C)cc21. The number of fused-ring (bicyclic) bond motifs is 1. The molecule has 1 aliphatic rings. The monoisotopic (exact) mass is 434 g/mol. The van der Waals surface area contributed by atoms with Gasteiger partial charge in [-0.05, 0) is 56.7 Å². The van der Waals surface area contributed by atoms with Crippen LogP contribution < -0.4 is 14.4 Å². The Hall–Kier alpha value is -2.51. The smallest absolute Gasteiger partial charge is 0.262 e. The Kier molecular flexibility index (Phi) is 5.65. The van der Waals surface area contributed by atoms with E-state index < -0.39 is 15.4 Å². The summed E-state index contributed by atoms with van der Waals surface area (Å²) in [4.78, 5) is 14.6. The van der Waals surface area contributed by atoms with Crippen molar-refractivity contribution in [1.29, 1.82) is 0 Å². The summed E-state index contributed by atoms with van der Waals surface area (Å²) in [6.45, 7) is 9.49. The van der Waals surface area contributed by atoms with Crippen molar-refractivity contribution < 1.29 is 17.9 Å². The summed E-state index contributed by atoms with van der Waals surface area (Å²) in [5, 5.41) is 0.369. The predicted molar refractivity (Wildman–Crippen MR) is 115 cm³/mol. The molecule has 0 bridgehead atoms. The van der Waals surface area contributed by atoms with Crippen LogP contribution in [0, 0.1) is 12.3 Å². The van der Waals surface area contributed by atoms with E-state index in [9.17, 15) is 13.2 Å². The minimum absolute atomic E-state index is 0.0938. The van der Waals surface area contributed by atoms with E-state index in [1.807, 2.05) is 13.8 Å². The highest BCUT2D eigenvalue weighted by Gasteiger charge is 2.37. The van der Waals surface area contributed by atoms with Crippen molar-refractivity contribution in [3.8, 4) is 5.75 Å². The molecule has 0 unspecified atom stereocenters. The second-order valence-corrected chi connectivity index (χ2v) is 9.59. The maximum atomic E-state index is 13.0. The van der Waals surface area contributed by atoms with Crippen LogP contribution in [0.5, 0.6) is 5.75 Å². The second kappa shape index (κ2) is 7.72. The van der Waals surface area contributed by atoms with Crippen molar-refractivity contribution in [1.82, 2.24) is 0 Å². The number of hydrogen-bond acceptors (Lipinski definition) is 4. The van der Waals surface area contributed by atoms with Gasteiger partial charge in [0.1, 0.15) is 12.4 Å². The molecule has 2 aromatic rings. The van der Waals surface area contributed by atoms with Crippen molar-refractivity contribution >= 4 is 38.9 Å². The number of hydrogen-bond donors (Lipinski definition) is 1. The average Bonchev–Trinajstić information content (AvgIpc) is 2.74. The molecule has 154 valence electrons. The third-order valence-electron chi connectivity index (χ3n) is 4.73. The molecule has 1 N–H and O–H groups in total. The first kappa shape index (κ1) is 21.2. The molecular weight excluding hydrogens is 412 g/mol. The highest BCUT2D eigenvalue weighted by atomic mass is 35.5. The van der Waals surface area contributed by atoms with Crippen LogP contribution in [0.2, 0.25) is 5.02 Å². The van der Waals surface area contributed by atoms with Crippen LogP contribution in [-0.2, 0) is 14.8 Å². The summed E-state index contributed by atoms with van der Waals surface area (Å²) in [7, 11) is -3.87. The molecule has 0 fully saturated rings. The van der Waals surface area contributed by atoms with Gasteiger partial charge < -0.3 is 9.64 Å². The molecule has 1 amide bonds. The fourth-order valence-corrected chi connectivity index (χ4v) is 4.66. The molecule has 0 atom stereocenters. The van der Waals surface area contributed by atoms with Crippen LogP contribution in [0.1, 0.15) is 19.4 Å².